The zero-order chi connectivity index (χ0) is 12.7. The Kier molecular flexibility index (Phi) is 5.24. The zero-order valence-corrected chi connectivity index (χ0v) is 9.13. The van der Waals surface area contributed by atoms with E-state index < -0.39 is 6.36 Å². The minimum absolute atomic E-state index is 0.0678. The summed E-state index contributed by atoms with van der Waals surface area (Å²) in [7, 11) is 0. The first kappa shape index (κ1) is 13.8. The quantitative estimate of drug-likeness (QED) is 0.754. The van der Waals surface area contributed by atoms with Gasteiger partial charge in [0.2, 0.25) is 0 Å². The molecule has 0 radical (unpaired) electrons. The van der Waals surface area contributed by atoms with Crippen LogP contribution in [0.5, 0.6) is 5.75 Å². The Morgan fingerprint density at radius 1 is 1.12 bits per heavy atom. The van der Waals surface area contributed by atoms with Crippen LogP contribution in [0.15, 0.2) is 24.3 Å². The van der Waals surface area contributed by atoms with Crippen molar-refractivity contribution in [3.8, 4) is 5.75 Å². The molecule has 0 bridgehead atoms. The highest BCUT2D eigenvalue weighted by atomic mass is 19.4. The fraction of sp³-hybridized carbons (Fsp3) is 0.455. The number of halogens is 3. The lowest BCUT2D eigenvalue weighted by molar-refractivity contribution is -0.274. The maximum Gasteiger partial charge on any atom is 0.573 e. The van der Waals surface area contributed by atoms with Crippen molar-refractivity contribution in [2.75, 3.05) is 19.7 Å². The van der Waals surface area contributed by atoms with Gasteiger partial charge >= 0.3 is 6.36 Å². The van der Waals surface area contributed by atoms with Gasteiger partial charge in [-0.1, -0.05) is 12.1 Å². The van der Waals surface area contributed by atoms with Gasteiger partial charge in [-0.15, -0.1) is 13.2 Å². The van der Waals surface area contributed by atoms with Crippen molar-refractivity contribution in [2.24, 2.45) is 0 Å². The van der Waals surface area contributed by atoms with Gasteiger partial charge in [0.05, 0.1) is 6.61 Å². The molecule has 3 nitrogen and oxygen atoms in total. The molecule has 0 aliphatic carbocycles. The fourth-order valence-electron chi connectivity index (χ4n) is 1.29. The van der Waals surface area contributed by atoms with Crippen LogP contribution in [0.1, 0.15) is 5.56 Å². The van der Waals surface area contributed by atoms with E-state index in [9.17, 15) is 13.2 Å². The van der Waals surface area contributed by atoms with Crippen LogP contribution in [0.2, 0.25) is 0 Å². The summed E-state index contributed by atoms with van der Waals surface area (Å²) in [6.07, 6.45) is -3.96. The number of hydrogen-bond donors (Lipinski definition) is 2. The molecule has 0 aromatic heterocycles. The maximum atomic E-state index is 11.9. The number of benzene rings is 1. The number of hydrogen-bond acceptors (Lipinski definition) is 3. The Morgan fingerprint density at radius 3 is 2.29 bits per heavy atom. The molecule has 0 unspecified atom stereocenters. The highest BCUT2D eigenvalue weighted by molar-refractivity contribution is 5.27. The number of aliphatic hydroxyl groups is 1. The maximum absolute atomic E-state index is 11.9. The largest absolute Gasteiger partial charge is 0.573 e. The fourth-order valence-corrected chi connectivity index (χ4v) is 1.29. The Balaban J connectivity index is 2.39. The van der Waals surface area contributed by atoms with Gasteiger partial charge in [0.15, 0.2) is 0 Å². The van der Waals surface area contributed by atoms with E-state index in [1.54, 1.807) is 12.1 Å². The molecular weight excluding hydrogens is 235 g/mol. The minimum atomic E-state index is -4.65. The van der Waals surface area contributed by atoms with Gasteiger partial charge in [-0.05, 0) is 30.7 Å². The predicted octanol–water partition coefficient (Wildman–Crippen LogP) is 1.71. The highest BCUT2D eigenvalue weighted by Crippen LogP contribution is 2.22. The van der Waals surface area contributed by atoms with Gasteiger partial charge in [0.1, 0.15) is 5.75 Å². The lowest BCUT2D eigenvalue weighted by Crippen LogP contribution is -2.20. The summed E-state index contributed by atoms with van der Waals surface area (Å²) < 4.78 is 39.4. The molecule has 17 heavy (non-hydrogen) atoms. The third-order valence-corrected chi connectivity index (χ3v) is 2.04. The molecule has 0 saturated carbocycles. The standard InChI is InChI=1S/C11H14F3NO2/c12-11(13,14)17-10-3-1-9(2-4-10)5-6-15-7-8-16/h1-4,15-16H,5-8H2. The summed E-state index contributed by atoms with van der Waals surface area (Å²) in [6.45, 7) is 1.24. The second-order valence-corrected chi connectivity index (χ2v) is 3.42. The van der Waals surface area contributed by atoms with Crippen molar-refractivity contribution < 1.29 is 23.0 Å². The topological polar surface area (TPSA) is 41.5 Å². The van der Waals surface area contributed by atoms with Gasteiger partial charge in [-0.2, -0.15) is 0 Å². The number of nitrogens with one attached hydrogen (secondary N) is 1. The Morgan fingerprint density at radius 2 is 1.76 bits per heavy atom. The van der Waals surface area contributed by atoms with Gasteiger partial charge in [-0.3, -0.25) is 0 Å². The van der Waals surface area contributed by atoms with Crippen LogP contribution >= 0.6 is 0 Å². The molecule has 0 aliphatic rings. The molecule has 0 amide bonds. The van der Waals surface area contributed by atoms with Gasteiger partial charge in [0, 0.05) is 6.54 Å². The molecule has 0 heterocycles. The van der Waals surface area contributed by atoms with Crippen LogP contribution in [-0.2, 0) is 6.42 Å². The molecule has 1 aromatic carbocycles. The zero-order valence-electron chi connectivity index (χ0n) is 9.13. The normalized spacial score (nSPS) is 11.5. The third kappa shape index (κ3) is 6.13. The van der Waals surface area contributed by atoms with E-state index in [1.807, 2.05) is 0 Å². The van der Waals surface area contributed by atoms with Crippen molar-refractivity contribution in [1.82, 2.24) is 5.32 Å². The molecule has 1 aromatic rings. The van der Waals surface area contributed by atoms with Gasteiger partial charge < -0.3 is 15.2 Å². The summed E-state index contributed by atoms with van der Waals surface area (Å²) in [5.74, 6) is -0.218. The Labute approximate surface area is 97.2 Å². The number of aliphatic hydroxyl groups excluding tert-OH is 1. The summed E-state index contributed by atoms with van der Waals surface area (Å²) in [6, 6.07) is 5.74. The SMILES string of the molecule is OCCNCCc1ccc(OC(F)(F)F)cc1. The van der Waals surface area contributed by atoms with Crippen molar-refractivity contribution in [1.29, 1.82) is 0 Å². The van der Waals surface area contributed by atoms with Gasteiger partial charge in [-0.25, -0.2) is 0 Å². The molecule has 1 rings (SSSR count). The van der Waals surface area contributed by atoms with E-state index in [-0.39, 0.29) is 12.4 Å². The van der Waals surface area contributed by atoms with Gasteiger partial charge in [0.25, 0.3) is 0 Å². The predicted molar refractivity (Wildman–Crippen MR) is 56.8 cm³/mol. The first-order chi connectivity index (χ1) is 8.01. The lowest BCUT2D eigenvalue weighted by Gasteiger charge is -2.09. The van der Waals surface area contributed by atoms with E-state index in [4.69, 9.17) is 5.11 Å². The highest BCUT2D eigenvalue weighted by Gasteiger charge is 2.30. The molecule has 0 saturated heterocycles. The molecule has 0 aliphatic heterocycles. The Hall–Kier alpha value is -1.27. The summed E-state index contributed by atoms with van der Waals surface area (Å²) in [4.78, 5) is 0. The van der Waals surface area contributed by atoms with Crippen molar-refractivity contribution >= 4 is 0 Å². The number of ether oxygens (including phenoxy) is 1. The second kappa shape index (κ2) is 6.46. The summed E-state index contributed by atoms with van der Waals surface area (Å²) >= 11 is 0. The average Bonchev–Trinajstić information content (AvgIpc) is 2.25. The molecule has 0 atom stereocenters. The van der Waals surface area contributed by atoms with E-state index in [0.717, 1.165) is 5.56 Å². The molecule has 2 N–H and O–H groups in total. The first-order valence-corrected chi connectivity index (χ1v) is 5.17. The van der Waals surface area contributed by atoms with Crippen LogP contribution in [-0.4, -0.2) is 31.2 Å². The van der Waals surface area contributed by atoms with E-state index >= 15 is 0 Å². The van der Waals surface area contributed by atoms with Crippen molar-refractivity contribution in [2.45, 2.75) is 12.8 Å². The second-order valence-electron chi connectivity index (χ2n) is 3.42. The van der Waals surface area contributed by atoms with Crippen LogP contribution in [0.4, 0.5) is 13.2 Å². The molecule has 96 valence electrons. The Bertz CT molecular complexity index is 324. The van der Waals surface area contributed by atoms with E-state index in [0.29, 0.717) is 19.5 Å². The van der Waals surface area contributed by atoms with Crippen molar-refractivity contribution in [3.05, 3.63) is 29.8 Å². The lowest BCUT2D eigenvalue weighted by atomic mass is 10.1. The van der Waals surface area contributed by atoms with E-state index in [1.165, 1.54) is 12.1 Å². The third-order valence-electron chi connectivity index (χ3n) is 2.04. The van der Waals surface area contributed by atoms with Crippen LogP contribution in [0, 0.1) is 0 Å². The summed E-state index contributed by atoms with van der Waals surface area (Å²) in [5, 5.41) is 11.5. The number of alkyl halides is 3. The molecular formula is C11H14F3NO2. The molecule has 6 heteroatoms. The average molecular weight is 249 g/mol. The number of rotatable bonds is 6. The monoisotopic (exact) mass is 249 g/mol. The van der Waals surface area contributed by atoms with Crippen molar-refractivity contribution in [3.63, 3.8) is 0 Å². The first-order valence-electron chi connectivity index (χ1n) is 5.17. The van der Waals surface area contributed by atoms with Crippen LogP contribution in [0.25, 0.3) is 0 Å². The molecule has 0 fully saturated rings. The van der Waals surface area contributed by atoms with Crippen LogP contribution < -0.4 is 10.1 Å². The smallest absolute Gasteiger partial charge is 0.406 e. The van der Waals surface area contributed by atoms with E-state index in [2.05, 4.69) is 10.1 Å². The molecule has 0 spiro atoms. The summed E-state index contributed by atoms with van der Waals surface area (Å²) in [5.41, 5.74) is 0.907. The van der Waals surface area contributed by atoms with Crippen LogP contribution in [0.3, 0.4) is 0 Å². The minimum Gasteiger partial charge on any atom is -0.406 e.